The molecule has 0 saturated heterocycles. The van der Waals surface area contributed by atoms with Crippen LogP contribution in [-0.4, -0.2) is 26.6 Å². The predicted octanol–water partition coefficient (Wildman–Crippen LogP) is 2.80. The van der Waals surface area contributed by atoms with Gasteiger partial charge in [-0.3, -0.25) is 9.36 Å². The van der Waals surface area contributed by atoms with Crippen molar-refractivity contribution >= 4 is 16.9 Å². The van der Waals surface area contributed by atoms with E-state index in [1.54, 1.807) is 30.0 Å². The molecule has 0 spiro atoms. The molecule has 0 aliphatic carbocycles. The van der Waals surface area contributed by atoms with Gasteiger partial charge in [0.2, 0.25) is 5.95 Å². The van der Waals surface area contributed by atoms with E-state index >= 15 is 0 Å². The van der Waals surface area contributed by atoms with E-state index in [9.17, 15) is 4.79 Å². The first-order valence-corrected chi connectivity index (χ1v) is 8.78. The average Bonchev–Trinajstić information content (AvgIpc) is 2.71. The maximum Gasteiger partial charge on any atom is 0.261 e. The molecule has 0 radical (unpaired) electrons. The molecule has 7 nitrogen and oxygen atoms in total. The normalized spacial score (nSPS) is 10.9. The number of methoxy groups -OCH3 is 1. The Morgan fingerprint density at radius 3 is 2.75 bits per heavy atom. The maximum atomic E-state index is 13.2. The quantitative estimate of drug-likeness (QED) is 0.591. The van der Waals surface area contributed by atoms with Gasteiger partial charge < -0.3 is 10.5 Å². The van der Waals surface area contributed by atoms with Crippen LogP contribution in [0, 0.1) is 6.92 Å². The van der Waals surface area contributed by atoms with E-state index in [0.29, 0.717) is 29.0 Å². The molecule has 0 atom stereocenters. The molecular weight excluding hydrogens is 354 g/mol. The molecule has 140 valence electrons. The van der Waals surface area contributed by atoms with Crippen molar-refractivity contribution in [3.05, 3.63) is 76.5 Å². The van der Waals surface area contributed by atoms with Gasteiger partial charge in [0.25, 0.3) is 5.56 Å². The lowest BCUT2D eigenvalue weighted by Gasteiger charge is -2.12. The van der Waals surface area contributed by atoms with Crippen LogP contribution < -0.4 is 16.0 Å². The molecule has 7 heteroatoms. The van der Waals surface area contributed by atoms with Gasteiger partial charge in [-0.05, 0) is 42.8 Å². The van der Waals surface area contributed by atoms with Gasteiger partial charge in [0.05, 0.1) is 30.3 Å². The highest BCUT2D eigenvalue weighted by Crippen LogP contribution is 2.21. The molecular formula is C21H19N5O2. The summed E-state index contributed by atoms with van der Waals surface area (Å²) in [6.07, 6.45) is 1.59. The molecule has 0 aliphatic heterocycles. The highest BCUT2D eigenvalue weighted by Gasteiger charge is 2.11. The van der Waals surface area contributed by atoms with E-state index in [1.807, 2.05) is 43.3 Å². The van der Waals surface area contributed by atoms with Crippen LogP contribution in [0.4, 0.5) is 5.95 Å². The minimum absolute atomic E-state index is 0.103. The molecule has 2 N–H and O–H groups in total. The molecule has 2 aromatic carbocycles. The largest absolute Gasteiger partial charge is 0.497 e. The standard InChI is InChI=1S/C21H19N5O2/c1-13-24-19-7-6-15(18-8-9-23-21(22)25-18)11-17(19)20(27)26(13)12-14-4-3-5-16(10-14)28-2/h3-11H,12H2,1-2H3,(H2,22,23,25). The SMILES string of the molecule is COc1cccc(Cn2c(C)nc3ccc(-c4ccnc(N)n4)cc3c2=O)c1. The fourth-order valence-electron chi connectivity index (χ4n) is 3.17. The maximum absolute atomic E-state index is 13.2. The number of nitrogens with zero attached hydrogens (tertiary/aromatic N) is 4. The van der Waals surface area contributed by atoms with Gasteiger partial charge in [-0.15, -0.1) is 0 Å². The van der Waals surface area contributed by atoms with Gasteiger partial charge >= 0.3 is 0 Å². The number of aryl methyl sites for hydroxylation is 1. The van der Waals surface area contributed by atoms with Crippen LogP contribution in [0.5, 0.6) is 5.75 Å². The van der Waals surface area contributed by atoms with Crippen molar-refractivity contribution in [2.75, 3.05) is 12.8 Å². The lowest BCUT2D eigenvalue weighted by molar-refractivity contribution is 0.414. The summed E-state index contributed by atoms with van der Waals surface area (Å²) in [5.41, 5.74) is 8.64. The molecule has 0 bridgehead atoms. The third-order valence-corrected chi connectivity index (χ3v) is 4.59. The third-order valence-electron chi connectivity index (χ3n) is 4.59. The first kappa shape index (κ1) is 17.7. The van der Waals surface area contributed by atoms with E-state index in [1.165, 1.54) is 0 Å². The van der Waals surface area contributed by atoms with Crippen LogP contribution in [0.15, 0.2) is 59.5 Å². The number of rotatable bonds is 4. The Hall–Kier alpha value is -3.74. The fraction of sp³-hybridized carbons (Fsp3) is 0.143. The van der Waals surface area contributed by atoms with Crippen LogP contribution >= 0.6 is 0 Å². The van der Waals surface area contributed by atoms with Crippen molar-refractivity contribution in [3.8, 4) is 17.0 Å². The smallest absolute Gasteiger partial charge is 0.261 e. The van der Waals surface area contributed by atoms with Gasteiger partial charge in [-0.2, -0.15) is 0 Å². The molecule has 0 unspecified atom stereocenters. The summed E-state index contributed by atoms with van der Waals surface area (Å²) in [4.78, 5) is 25.9. The zero-order valence-corrected chi connectivity index (χ0v) is 15.6. The number of hydrogen-bond acceptors (Lipinski definition) is 6. The number of benzene rings is 2. The molecule has 28 heavy (non-hydrogen) atoms. The lowest BCUT2D eigenvalue weighted by Crippen LogP contribution is -2.24. The van der Waals surface area contributed by atoms with Crippen molar-refractivity contribution in [1.29, 1.82) is 0 Å². The topological polar surface area (TPSA) is 95.9 Å². The second-order valence-electron chi connectivity index (χ2n) is 6.43. The van der Waals surface area contributed by atoms with E-state index in [2.05, 4.69) is 15.0 Å². The van der Waals surface area contributed by atoms with Crippen LogP contribution in [0.2, 0.25) is 0 Å². The number of nitrogen functional groups attached to an aromatic ring is 1. The van der Waals surface area contributed by atoms with E-state index in [-0.39, 0.29) is 11.5 Å². The number of nitrogens with two attached hydrogens (primary N) is 1. The summed E-state index contributed by atoms with van der Waals surface area (Å²) in [6, 6.07) is 14.9. The van der Waals surface area contributed by atoms with E-state index < -0.39 is 0 Å². The summed E-state index contributed by atoms with van der Waals surface area (Å²) in [5.74, 6) is 1.59. The minimum Gasteiger partial charge on any atom is -0.497 e. The number of hydrogen-bond donors (Lipinski definition) is 1. The van der Waals surface area contributed by atoms with Gasteiger partial charge in [0, 0.05) is 11.8 Å². The van der Waals surface area contributed by atoms with E-state index in [4.69, 9.17) is 10.5 Å². The molecule has 0 saturated carbocycles. The zero-order valence-electron chi connectivity index (χ0n) is 15.6. The highest BCUT2D eigenvalue weighted by atomic mass is 16.5. The Morgan fingerprint density at radius 2 is 1.96 bits per heavy atom. The summed E-state index contributed by atoms with van der Waals surface area (Å²) >= 11 is 0. The highest BCUT2D eigenvalue weighted by molar-refractivity contribution is 5.83. The summed E-state index contributed by atoms with van der Waals surface area (Å²) in [6.45, 7) is 2.25. The number of fused-ring (bicyclic) bond motifs is 1. The molecule has 4 aromatic rings. The first-order valence-electron chi connectivity index (χ1n) is 8.78. The predicted molar refractivity (Wildman–Crippen MR) is 108 cm³/mol. The molecule has 0 amide bonds. The number of ether oxygens (including phenoxy) is 1. The van der Waals surface area contributed by atoms with Crippen LogP contribution in [-0.2, 0) is 6.54 Å². The monoisotopic (exact) mass is 373 g/mol. The Balaban J connectivity index is 1.82. The van der Waals surface area contributed by atoms with Gasteiger partial charge in [0.15, 0.2) is 0 Å². The van der Waals surface area contributed by atoms with Crippen molar-refractivity contribution in [2.24, 2.45) is 0 Å². The van der Waals surface area contributed by atoms with Crippen LogP contribution in [0.1, 0.15) is 11.4 Å². The third kappa shape index (κ3) is 3.29. The second kappa shape index (κ2) is 7.11. The Morgan fingerprint density at radius 1 is 1.11 bits per heavy atom. The van der Waals surface area contributed by atoms with Crippen LogP contribution in [0.25, 0.3) is 22.2 Å². The van der Waals surface area contributed by atoms with Crippen molar-refractivity contribution in [3.63, 3.8) is 0 Å². The van der Waals surface area contributed by atoms with Gasteiger partial charge in [0.1, 0.15) is 11.6 Å². The van der Waals surface area contributed by atoms with Gasteiger partial charge in [-0.1, -0.05) is 18.2 Å². The summed E-state index contributed by atoms with van der Waals surface area (Å²) in [7, 11) is 1.62. The summed E-state index contributed by atoms with van der Waals surface area (Å²) < 4.78 is 6.93. The zero-order chi connectivity index (χ0) is 19.7. The lowest BCUT2D eigenvalue weighted by atomic mass is 10.1. The molecule has 2 heterocycles. The van der Waals surface area contributed by atoms with Gasteiger partial charge in [-0.25, -0.2) is 15.0 Å². The van der Waals surface area contributed by atoms with Crippen molar-refractivity contribution in [2.45, 2.75) is 13.5 Å². The Labute approximate surface area is 161 Å². The number of aromatic nitrogens is 4. The second-order valence-corrected chi connectivity index (χ2v) is 6.43. The molecule has 0 fully saturated rings. The molecule has 4 rings (SSSR count). The number of anilines is 1. The molecule has 0 aliphatic rings. The van der Waals surface area contributed by atoms with E-state index in [0.717, 1.165) is 16.9 Å². The van der Waals surface area contributed by atoms with Crippen LogP contribution in [0.3, 0.4) is 0 Å². The Bertz CT molecular complexity index is 1230. The van der Waals surface area contributed by atoms with Crippen molar-refractivity contribution < 1.29 is 4.74 Å². The van der Waals surface area contributed by atoms with Crippen molar-refractivity contribution in [1.82, 2.24) is 19.5 Å². The Kier molecular flexibility index (Phi) is 4.49. The first-order chi connectivity index (χ1) is 13.5. The summed E-state index contributed by atoms with van der Waals surface area (Å²) in [5, 5.41) is 0.531. The molecule has 2 aromatic heterocycles. The fourth-order valence-corrected chi connectivity index (χ4v) is 3.17. The average molecular weight is 373 g/mol. The minimum atomic E-state index is -0.103.